The first-order valence-corrected chi connectivity index (χ1v) is 9.70. The summed E-state index contributed by atoms with van der Waals surface area (Å²) >= 11 is 0. The highest BCUT2D eigenvalue weighted by atomic mass is 16.5. The van der Waals surface area contributed by atoms with Crippen molar-refractivity contribution < 1.29 is 19.1 Å². The highest BCUT2D eigenvalue weighted by Crippen LogP contribution is 2.66. The lowest BCUT2D eigenvalue weighted by Crippen LogP contribution is -2.59. The van der Waals surface area contributed by atoms with Crippen LogP contribution < -0.4 is 9.47 Å². The number of hydrogen-bond acceptors (Lipinski definition) is 4. The summed E-state index contributed by atoms with van der Waals surface area (Å²) in [6.07, 6.45) is 0.444. The molecule has 0 unspecified atom stereocenters. The van der Waals surface area contributed by atoms with E-state index in [4.69, 9.17) is 9.47 Å². The fourth-order valence-corrected chi connectivity index (χ4v) is 4.83. The molecule has 4 nitrogen and oxygen atoms in total. The molecule has 4 heteroatoms. The molecule has 3 aromatic carbocycles. The average Bonchev–Trinajstić information content (AvgIpc) is 2.75. The molecule has 1 aliphatic carbocycles. The van der Waals surface area contributed by atoms with Gasteiger partial charge in [-0.2, -0.15) is 0 Å². The zero-order valence-electron chi connectivity index (χ0n) is 16.0. The van der Waals surface area contributed by atoms with Gasteiger partial charge < -0.3 is 9.47 Å². The number of ketones is 1. The molecule has 0 bridgehead atoms. The van der Waals surface area contributed by atoms with Gasteiger partial charge in [-0.05, 0) is 48.2 Å². The van der Waals surface area contributed by atoms with Gasteiger partial charge in [0.05, 0.1) is 7.11 Å². The van der Waals surface area contributed by atoms with E-state index < -0.39 is 11.4 Å². The Morgan fingerprint density at radius 3 is 2.38 bits per heavy atom. The van der Waals surface area contributed by atoms with Gasteiger partial charge in [0.2, 0.25) is 0 Å². The lowest BCUT2D eigenvalue weighted by Gasteiger charge is -2.54. The Kier molecular flexibility index (Phi) is 4.02. The van der Waals surface area contributed by atoms with Gasteiger partial charge in [-0.1, -0.05) is 48.5 Å². The Labute approximate surface area is 169 Å². The van der Waals surface area contributed by atoms with Crippen LogP contribution in [0.25, 0.3) is 0 Å². The third-order valence-corrected chi connectivity index (χ3v) is 6.28. The number of ether oxygens (including phenoxy) is 2. The topological polar surface area (TPSA) is 52.6 Å². The summed E-state index contributed by atoms with van der Waals surface area (Å²) in [6, 6.07) is 24.6. The van der Waals surface area contributed by atoms with Crippen LogP contribution in [-0.4, -0.2) is 18.9 Å². The molecule has 0 spiro atoms. The van der Waals surface area contributed by atoms with Gasteiger partial charge in [-0.3, -0.25) is 9.59 Å². The molecule has 3 atom stereocenters. The summed E-state index contributed by atoms with van der Waals surface area (Å²) in [6.45, 7) is 0. The molecule has 5 rings (SSSR count). The van der Waals surface area contributed by atoms with E-state index in [1.165, 1.54) is 0 Å². The minimum absolute atomic E-state index is 0.0902. The summed E-state index contributed by atoms with van der Waals surface area (Å²) < 4.78 is 10.9. The van der Waals surface area contributed by atoms with E-state index in [1.54, 1.807) is 37.4 Å². The lowest BCUT2D eigenvalue weighted by molar-refractivity contribution is -0.153. The van der Waals surface area contributed by atoms with E-state index in [1.807, 2.05) is 36.4 Å². The predicted molar refractivity (Wildman–Crippen MR) is 108 cm³/mol. The van der Waals surface area contributed by atoms with E-state index in [9.17, 15) is 9.59 Å². The molecule has 0 N–H and O–H groups in total. The Hall–Kier alpha value is -3.40. The van der Waals surface area contributed by atoms with Crippen LogP contribution in [0.4, 0.5) is 0 Å². The van der Waals surface area contributed by atoms with Crippen LogP contribution in [0.5, 0.6) is 11.5 Å². The summed E-state index contributed by atoms with van der Waals surface area (Å²) in [5.74, 6) is 0.444. The molecule has 0 aromatic heterocycles. The first-order valence-electron chi connectivity index (χ1n) is 9.70. The van der Waals surface area contributed by atoms with Gasteiger partial charge >= 0.3 is 5.97 Å². The lowest BCUT2D eigenvalue weighted by atomic mass is 9.47. The second-order valence-corrected chi connectivity index (χ2v) is 7.66. The minimum Gasteiger partial charge on any atom is -0.497 e. The van der Waals surface area contributed by atoms with Gasteiger partial charge in [0.1, 0.15) is 16.9 Å². The SMILES string of the molecule is COc1ccc(C(=O)[C@]23C[C@@H](c4ccccc4)[C@H]2c2ccccc2OC3=O)cc1. The largest absolute Gasteiger partial charge is 0.497 e. The Morgan fingerprint density at radius 2 is 1.66 bits per heavy atom. The second kappa shape index (κ2) is 6.59. The van der Waals surface area contributed by atoms with Crippen molar-refractivity contribution in [3.63, 3.8) is 0 Å². The Morgan fingerprint density at radius 1 is 0.966 bits per heavy atom. The quantitative estimate of drug-likeness (QED) is 0.282. The smallest absolute Gasteiger partial charge is 0.326 e. The molecular weight excluding hydrogens is 364 g/mol. The number of Topliss-reactive ketones (excluding diaryl/α,β-unsaturated/α-hetero) is 1. The average molecular weight is 384 g/mol. The van der Waals surface area contributed by atoms with Crippen LogP contribution >= 0.6 is 0 Å². The molecule has 3 aromatic rings. The number of para-hydroxylation sites is 1. The third kappa shape index (κ3) is 2.52. The maximum Gasteiger partial charge on any atom is 0.326 e. The van der Waals surface area contributed by atoms with Crippen LogP contribution in [0.15, 0.2) is 78.9 Å². The molecule has 2 aliphatic rings. The Balaban J connectivity index is 1.62. The number of carbonyl (C=O) groups excluding carboxylic acids is 2. The van der Waals surface area contributed by atoms with E-state index in [0.29, 0.717) is 23.5 Å². The molecule has 0 radical (unpaired) electrons. The van der Waals surface area contributed by atoms with Crippen LogP contribution in [0.2, 0.25) is 0 Å². The molecule has 0 saturated heterocycles. The van der Waals surface area contributed by atoms with Gasteiger partial charge in [0.15, 0.2) is 5.78 Å². The molecule has 1 heterocycles. The molecule has 0 amide bonds. The van der Waals surface area contributed by atoms with Crippen LogP contribution in [0.1, 0.15) is 39.7 Å². The zero-order chi connectivity index (χ0) is 20.0. The third-order valence-electron chi connectivity index (χ3n) is 6.28. The number of benzene rings is 3. The van der Waals surface area contributed by atoms with Crippen molar-refractivity contribution in [2.45, 2.75) is 18.3 Å². The van der Waals surface area contributed by atoms with Gasteiger partial charge in [0.25, 0.3) is 0 Å². The molecule has 1 fully saturated rings. The van der Waals surface area contributed by atoms with Crippen molar-refractivity contribution in [3.8, 4) is 11.5 Å². The molecule has 1 aliphatic heterocycles. The fraction of sp³-hybridized carbons (Fsp3) is 0.200. The maximum absolute atomic E-state index is 13.6. The summed E-state index contributed by atoms with van der Waals surface area (Å²) in [4.78, 5) is 26.8. The van der Waals surface area contributed by atoms with Crippen LogP contribution in [0, 0.1) is 5.41 Å². The summed E-state index contributed by atoms with van der Waals surface area (Å²) in [5.41, 5.74) is 1.37. The number of rotatable bonds is 4. The van der Waals surface area contributed by atoms with Crippen molar-refractivity contribution in [2.24, 2.45) is 5.41 Å². The minimum atomic E-state index is -1.19. The number of fused-ring (bicyclic) bond motifs is 3. The van der Waals surface area contributed by atoms with Crippen LogP contribution in [-0.2, 0) is 4.79 Å². The van der Waals surface area contributed by atoms with Gasteiger partial charge in [0, 0.05) is 17.0 Å². The monoisotopic (exact) mass is 384 g/mol. The first kappa shape index (κ1) is 17.7. The zero-order valence-corrected chi connectivity index (χ0v) is 16.0. The number of carbonyl (C=O) groups is 2. The predicted octanol–water partition coefficient (Wildman–Crippen LogP) is 4.75. The van der Waals surface area contributed by atoms with Crippen molar-refractivity contribution >= 4 is 11.8 Å². The maximum atomic E-state index is 13.6. The second-order valence-electron chi connectivity index (χ2n) is 7.66. The van der Waals surface area contributed by atoms with Crippen molar-refractivity contribution in [2.75, 3.05) is 7.11 Å². The number of methoxy groups -OCH3 is 1. The molecular formula is C25H20O4. The summed E-state index contributed by atoms with van der Waals surface area (Å²) in [5, 5.41) is 0. The molecule has 29 heavy (non-hydrogen) atoms. The van der Waals surface area contributed by atoms with Gasteiger partial charge in [-0.15, -0.1) is 0 Å². The highest BCUT2D eigenvalue weighted by molar-refractivity contribution is 6.15. The first-order chi connectivity index (χ1) is 14.1. The standard InChI is InChI=1S/C25H20O4/c1-28-18-13-11-17(12-14-18)23(26)25-15-20(16-7-3-2-4-8-16)22(25)19-9-5-6-10-21(19)29-24(25)27/h2-14,20,22H,15H2,1H3/t20-,22+,25-/m0/s1. The molecule has 1 saturated carbocycles. The number of esters is 1. The molecule has 144 valence electrons. The van der Waals surface area contributed by atoms with Crippen molar-refractivity contribution in [1.82, 2.24) is 0 Å². The fourth-order valence-electron chi connectivity index (χ4n) is 4.83. The highest BCUT2D eigenvalue weighted by Gasteiger charge is 2.67. The Bertz CT molecular complexity index is 1090. The van der Waals surface area contributed by atoms with E-state index in [2.05, 4.69) is 12.1 Å². The van der Waals surface area contributed by atoms with Crippen LogP contribution in [0.3, 0.4) is 0 Å². The van der Waals surface area contributed by atoms with E-state index >= 15 is 0 Å². The van der Waals surface area contributed by atoms with E-state index in [0.717, 1.165) is 11.1 Å². The normalized spacial score (nSPS) is 24.5. The van der Waals surface area contributed by atoms with E-state index in [-0.39, 0.29) is 17.6 Å². The summed E-state index contributed by atoms with van der Waals surface area (Å²) in [7, 11) is 1.58. The van der Waals surface area contributed by atoms with Gasteiger partial charge in [-0.25, -0.2) is 0 Å². The van der Waals surface area contributed by atoms with Crippen molar-refractivity contribution in [3.05, 3.63) is 95.6 Å². The number of hydrogen-bond donors (Lipinski definition) is 0. The van der Waals surface area contributed by atoms with Crippen molar-refractivity contribution in [1.29, 1.82) is 0 Å².